The molecule has 0 saturated heterocycles. The van der Waals surface area contributed by atoms with Crippen LogP contribution in [0.3, 0.4) is 0 Å². The lowest BCUT2D eigenvalue weighted by Crippen LogP contribution is -2.43. The van der Waals surface area contributed by atoms with Crippen molar-refractivity contribution in [3.05, 3.63) is 0 Å². The predicted octanol–water partition coefficient (Wildman–Crippen LogP) is 1.42. The number of nitrogens with zero attached hydrogens (tertiary/aromatic N) is 2. The van der Waals surface area contributed by atoms with Crippen molar-refractivity contribution in [1.29, 1.82) is 0 Å². The van der Waals surface area contributed by atoms with Crippen LogP contribution in [-0.4, -0.2) is 60.8 Å². The Morgan fingerprint density at radius 2 is 1.67 bits per heavy atom. The third kappa shape index (κ3) is 7.77. The molecule has 0 aromatic carbocycles. The van der Waals surface area contributed by atoms with Gasteiger partial charge in [-0.15, -0.1) is 0 Å². The first kappa shape index (κ1) is 14.9. The van der Waals surface area contributed by atoms with Crippen molar-refractivity contribution in [3.63, 3.8) is 0 Å². The molecule has 1 N–H and O–H groups in total. The molecule has 1 atom stereocenters. The monoisotopic (exact) mass is 216 g/mol. The summed E-state index contributed by atoms with van der Waals surface area (Å²) in [5, 5.41) is 10.0. The van der Waals surface area contributed by atoms with Gasteiger partial charge in [-0.25, -0.2) is 0 Å². The van der Waals surface area contributed by atoms with Crippen LogP contribution in [0.25, 0.3) is 0 Å². The lowest BCUT2D eigenvalue weighted by Gasteiger charge is -2.31. The van der Waals surface area contributed by atoms with E-state index >= 15 is 0 Å². The van der Waals surface area contributed by atoms with Crippen LogP contribution in [0.1, 0.15) is 33.6 Å². The van der Waals surface area contributed by atoms with Crippen molar-refractivity contribution in [1.82, 2.24) is 9.80 Å². The molecular formula is C12H28N2O. The third-order valence-corrected chi connectivity index (χ3v) is 2.73. The molecule has 0 radical (unpaired) electrons. The van der Waals surface area contributed by atoms with Crippen molar-refractivity contribution in [2.24, 2.45) is 0 Å². The van der Waals surface area contributed by atoms with Gasteiger partial charge in [0.1, 0.15) is 0 Å². The van der Waals surface area contributed by atoms with E-state index in [2.05, 4.69) is 30.8 Å². The van der Waals surface area contributed by atoms with E-state index in [4.69, 9.17) is 0 Å². The van der Waals surface area contributed by atoms with Crippen molar-refractivity contribution in [3.8, 4) is 0 Å². The van der Waals surface area contributed by atoms with Gasteiger partial charge in [-0.3, -0.25) is 4.90 Å². The maximum atomic E-state index is 10.0. The second-order valence-electron chi connectivity index (χ2n) is 4.93. The summed E-state index contributed by atoms with van der Waals surface area (Å²) in [6.45, 7) is 10.1. The Kier molecular flexibility index (Phi) is 7.14. The Bertz CT molecular complexity index is 158. The minimum atomic E-state index is -0.540. The van der Waals surface area contributed by atoms with Gasteiger partial charge < -0.3 is 10.0 Å². The summed E-state index contributed by atoms with van der Waals surface area (Å²) in [5.41, 5.74) is -0.540. The molecule has 0 spiro atoms. The Morgan fingerprint density at radius 3 is 2.07 bits per heavy atom. The summed E-state index contributed by atoms with van der Waals surface area (Å²) in [5.74, 6) is 0. The lowest BCUT2D eigenvalue weighted by atomic mass is 10.0. The van der Waals surface area contributed by atoms with Gasteiger partial charge in [0.2, 0.25) is 0 Å². The normalized spacial score (nSPS) is 16.0. The van der Waals surface area contributed by atoms with Gasteiger partial charge in [0, 0.05) is 19.6 Å². The van der Waals surface area contributed by atoms with Gasteiger partial charge in [0.15, 0.2) is 0 Å². The first-order valence-electron chi connectivity index (χ1n) is 6.00. The fraction of sp³-hybridized carbons (Fsp3) is 1.00. The molecule has 0 aliphatic heterocycles. The fourth-order valence-electron chi connectivity index (χ4n) is 1.52. The molecule has 0 aromatic rings. The van der Waals surface area contributed by atoms with Crippen molar-refractivity contribution < 1.29 is 5.11 Å². The zero-order valence-electron chi connectivity index (χ0n) is 11.1. The Balaban J connectivity index is 4.03. The molecule has 0 amide bonds. The molecule has 0 aliphatic carbocycles. The van der Waals surface area contributed by atoms with Gasteiger partial charge >= 0.3 is 0 Å². The molecule has 15 heavy (non-hydrogen) atoms. The molecule has 92 valence electrons. The largest absolute Gasteiger partial charge is 0.389 e. The second kappa shape index (κ2) is 7.20. The Labute approximate surface area is 95.1 Å². The van der Waals surface area contributed by atoms with Crippen LogP contribution in [0.4, 0.5) is 0 Å². The van der Waals surface area contributed by atoms with E-state index < -0.39 is 5.60 Å². The average molecular weight is 216 g/mol. The van der Waals surface area contributed by atoms with E-state index in [9.17, 15) is 5.11 Å². The lowest BCUT2D eigenvalue weighted by molar-refractivity contribution is 0.0149. The molecule has 0 saturated carbocycles. The van der Waals surface area contributed by atoms with Gasteiger partial charge in [-0.05, 0) is 40.4 Å². The topological polar surface area (TPSA) is 26.7 Å². The highest BCUT2D eigenvalue weighted by Gasteiger charge is 2.21. The third-order valence-electron chi connectivity index (χ3n) is 2.73. The number of hydrogen-bond donors (Lipinski definition) is 1. The quantitative estimate of drug-likeness (QED) is 0.665. The molecule has 3 heteroatoms. The van der Waals surface area contributed by atoms with Crippen molar-refractivity contribution >= 4 is 0 Å². The molecule has 0 aliphatic rings. The highest BCUT2D eigenvalue weighted by atomic mass is 16.3. The SMILES string of the molecule is CCCN(CCN(C)C)CC(C)(O)CC. The van der Waals surface area contributed by atoms with E-state index in [1.54, 1.807) is 0 Å². The molecule has 1 unspecified atom stereocenters. The summed E-state index contributed by atoms with van der Waals surface area (Å²) in [7, 11) is 4.17. The van der Waals surface area contributed by atoms with E-state index in [1.807, 2.05) is 13.8 Å². The highest BCUT2D eigenvalue weighted by molar-refractivity contribution is 4.76. The number of likely N-dealkylation sites (N-methyl/N-ethyl adjacent to an activating group) is 1. The average Bonchev–Trinajstić information content (AvgIpc) is 2.14. The fourth-order valence-corrected chi connectivity index (χ4v) is 1.52. The maximum absolute atomic E-state index is 10.0. The zero-order chi connectivity index (χ0) is 11.9. The van der Waals surface area contributed by atoms with Crippen LogP contribution in [0.15, 0.2) is 0 Å². The summed E-state index contributed by atoms with van der Waals surface area (Å²) in [6.07, 6.45) is 1.96. The standard InChI is InChI=1S/C12H28N2O/c1-6-8-14(10-9-13(4)5)11-12(3,15)7-2/h15H,6-11H2,1-5H3. The van der Waals surface area contributed by atoms with E-state index in [0.717, 1.165) is 39.0 Å². The Hall–Kier alpha value is -0.120. The molecule has 0 aromatic heterocycles. The van der Waals surface area contributed by atoms with Gasteiger partial charge in [0.05, 0.1) is 5.60 Å². The predicted molar refractivity (Wildman–Crippen MR) is 66.2 cm³/mol. The van der Waals surface area contributed by atoms with Gasteiger partial charge in [-0.2, -0.15) is 0 Å². The van der Waals surface area contributed by atoms with Crippen LogP contribution < -0.4 is 0 Å². The smallest absolute Gasteiger partial charge is 0.0743 e. The minimum Gasteiger partial charge on any atom is -0.389 e. The first-order valence-corrected chi connectivity index (χ1v) is 6.00. The summed E-state index contributed by atoms with van der Waals surface area (Å²) in [4.78, 5) is 4.53. The van der Waals surface area contributed by atoms with Crippen molar-refractivity contribution in [2.45, 2.75) is 39.2 Å². The number of rotatable bonds is 8. The maximum Gasteiger partial charge on any atom is 0.0743 e. The summed E-state index contributed by atoms with van der Waals surface area (Å²) < 4.78 is 0. The molecule has 0 fully saturated rings. The molecule has 0 rings (SSSR count). The van der Waals surface area contributed by atoms with Crippen LogP contribution >= 0.6 is 0 Å². The summed E-state index contributed by atoms with van der Waals surface area (Å²) in [6, 6.07) is 0. The second-order valence-corrected chi connectivity index (χ2v) is 4.93. The van der Waals surface area contributed by atoms with E-state index in [0.29, 0.717) is 0 Å². The van der Waals surface area contributed by atoms with Gasteiger partial charge in [-0.1, -0.05) is 13.8 Å². The van der Waals surface area contributed by atoms with Crippen LogP contribution in [0.5, 0.6) is 0 Å². The molecular weight excluding hydrogens is 188 g/mol. The molecule has 3 nitrogen and oxygen atoms in total. The highest BCUT2D eigenvalue weighted by Crippen LogP contribution is 2.11. The van der Waals surface area contributed by atoms with Crippen LogP contribution in [-0.2, 0) is 0 Å². The summed E-state index contributed by atoms with van der Waals surface area (Å²) >= 11 is 0. The number of aliphatic hydroxyl groups is 1. The van der Waals surface area contributed by atoms with E-state index in [1.165, 1.54) is 0 Å². The first-order chi connectivity index (χ1) is 6.91. The minimum absolute atomic E-state index is 0.540. The zero-order valence-corrected chi connectivity index (χ0v) is 11.1. The molecule has 0 bridgehead atoms. The van der Waals surface area contributed by atoms with Crippen LogP contribution in [0, 0.1) is 0 Å². The van der Waals surface area contributed by atoms with Crippen molar-refractivity contribution in [2.75, 3.05) is 40.3 Å². The van der Waals surface area contributed by atoms with Crippen LogP contribution in [0.2, 0.25) is 0 Å². The number of hydrogen-bond acceptors (Lipinski definition) is 3. The molecule has 0 heterocycles. The Morgan fingerprint density at radius 1 is 1.07 bits per heavy atom. The van der Waals surface area contributed by atoms with E-state index in [-0.39, 0.29) is 0 Å². The van der Waals surface area contributed by atoms with Gasteiger partial charge in [0.25, 0.3) is 0 Å².